The minimum Gasteiger partial charge on any atom is -0.342 e. The number of sulfonamides is 1. The number of aromatic nitrogens is 3. The summed E-state index contributed by atoms with van der Waals surface area (Å²) in [7, 11) is -3.74. The van der Waals surface area contributed by atoms with E-state index in [0.717, 1.165) is 18.4 Å². The number of nitrogens with zero attached hydrogens (tertiary/aromatic N) is 3. The smallest absolute Gasteiger partial charge is 0.291 e. The molecule has 8 nitrogen and oxygen atoms in total. The Balaban J connectivity index is 1.48. The van der Waals surface area contributed by atoms with Crippen LogP contribution < -0.4 is 10.0 Å². The summed E-state index contributed by atoms with van der Waals surface area (Å²) in [5.41, 5.74) is 2.69. The molecule has 3 aromatic rings. The van der Waals surface area contributed by atoms with Gasteiger partial charge in [-0.2, -0.15) is 9.67 Å². The summed E-state index contributed by atoms with van der Waals surface area (Å²) in [5.74, 6) is -0.505. The Morgan fingerprint density at radius 1 is 1.15 bits per heavy atom. The zero-order valence-electron chi connectivity index (χ0n) is 14.1. The fraction of sp³-hybridized carbons (Fsp3) is 0.167. The number of nitrogens with one attached hydrogen (secondary N) is 2. The number of rotatable bonds is 2. The normalized spacial score (nSPS) is 18.7. The molecule has 9 heteroatoms. The molecule has 0 radical (unpaired) electrons. The molecule has 0 spiro atoms. The minimum absolute atomic E-state index is 0.00525. The first-order chi connectivity index (χ1) is 13.0. The molecule has 5 rings (SSSR count). The molecule has 1 aromatic heterocycles. The lowest BCUT2D eigenvalue weighted by molar-refractivity contribution is 0.0926. The summed E-state index contributed by atoms with van der Waals surface area (Å²) in [6.07, 6.45) is 1.72. The highest BCUT2D eigenvalue weighted by molar-refractivity contribution is 7.92. The van der Waals surface area contributed by atoms with Gasteiger partial charge in [0.2, 0.25) is 11.8 Å². The Kier molecular flexibility index (Phi) is 3.35. The molecule has 0 saturated heterocycles. The van der Waals surface area contributed by atoms with E-state index >= 15 is 0 Å². The second-order valence-corrected chi connectivity index (χ2v) is 8.16. The molecule has 0 unspecified atom stereocenters. The maximum absolute atomic E-state index is 12.7. The predicted octanol–water partition coefficient (Wildman–Crippen LogP) is 1.80. The number of para-hydroxylation sites is 1. The molecule has 1 amide bonds. The molecule has 2 aliphatic rings. The van der Waals surface area contributed by atoms with Gasteiger partial charge >= 0.3 is 0 Å². The molecule has 0 bridgehead atoms. The third kappa shape index (κ3) is 2.50. The molecule has 1 aliphatic heterocycles. The van der Waals surface area contributed by atoms with Crippen LogP contribution in [-0.4, -0.2) is 29.1 Å². The summed E-state index contributed by atoms with van der Waals surface area (Å²) >= 11 is 0. The van der Waals surface area contributed by atoms with Gasteiger partial charge in [0, 0.05) is 0 Å². The van der Waals surface area contributed by atoms with Crippen LogP contribution >= 0.6 is 0 Å². The first kappa shape index (κ1) is 16.0. The zero-order valence-corrected chi connectivity index (χ0v) is 14.9. The van der Waals surface area contributed by atoms with Gasteiger partial charge in [-0.05, 0) is 36.1 Å². The first-order valence-corrected chi connectivity index (χ1v) is 9.99. The van der Waals surface area contributed by atoms with Crippen molar-refractivity contribution in [3.63, 3.8) is 0 Å². The molecular formula is C18H15N5O3S. The Labute approximate surface area is 155 Å². The molecule has 2 N–H and O–H groups in total. The van der Waals surface area contributed by atoms with Crippen molar-refractivity contribution >= 4 is 21.9 Å². The van der Waals surface area contributed by atoms with E-state index in [1.807, 2.05) is 18.2 Å². The van der Waals surface area contributed by atoms with Gasteiger partial charge in [-0.15, -0.1) is 5.10 Å². The zero-order chi connectivity index (χ0) is 18.6. The first-order valence-electron chi connectivity index (χ1n) is 8.51. The van der Waals surface area contributed by atoms with Crippen LogP contribution in [0.15, 0.2) is 53.4 Å². The van der Waals surface area contributed by atoms with Crippen LogP contribution in [0.2, 0.25) is 0 Å². The molecule has 27 heavy (non-hydrogen) atoms. The van der Waals surface area contributed by atoms with E-state index in [1.54, 1.807) is 18.2 Å². The second kappa shape index (κ2) is 5.65. The number of anilines is 1. The topological polar surface area (TPSA) is 106 Å². The number of carbonyl (C=O) groups is 1. The van der Waals surface area contributed by atoms with Gasteiger partial charge < -0.3 is 5.32 Å². The van der Waals surface area contributed by atoms with Gasteiger partial charge in [-0.3, -0.25) is 4.79 Å². The van der Waals surface area contributed by atoms with Crippen LogP contribution in [0.1, 0.15) is 34.2 Å². The van der Waals surface area contributed by atoms with E-state index in [1.165, 1.54) is 16.3 Å². The number of hydrogen-bond donors (Lipinski definition) is 2. The number of amides is 1. The van der Waals surface area contributed by atoms with Crippen LogP contribution in [0, 0.1) is 0 Å². The average Bonchev–Trinajstić information content (AvgIpc) is 3.26. The van der Waals surface area contributed by atoms with Crippen molar-refractivity contribution in [1.82, 2.24) is 20.1 Å². The van der Waals surface area contributed by atoms with Crippen molar-refractivity contribution in [3.05, 3.63) is 65.5 Å². The molecule has 2 aromatic carbocycles. The summed E-state index contributed by atoms with van der Waals surface area (Å²) < 4.78 is 28.4. The quantitative estimate of drug-likeness (QED) is 0.704. The van der Waals surface area contributed by atoms with E-state index in [2.05, 4.69) is 26.2 Å². The number of fused-ring (bicyclic) bond motifs is 4. The lowest BCUT2D eigenvalue weighted by Crippen LogP contribution is -2.28. The summed E-state index contributed by atoms with van der Waals surface area (Å²) in [6, 6.07) is 14.3. The van der Waals surface area contributed by atoms with Crippen LogP contribution in [0.5, 0.6) is 0 Å². The monoisotopic (exact) mass is 381 g/mol. The van der Waals surface area contributed by atoms with Crippen molar-refractivity contribution in [2.45, 2.75) is 23.8 Å². The maximum atomic E-state index is 12.7. The average molecular weight is 381 g/mol. The van der Waals surface area contributed by atoms with Crippen LogP contribution in [0.3, 0.4) is 0 Å². The molecule has 0 fully saturated rings. The number of aryl methyl sites for hydroxylation is 1. The number of hydrogen-bond acceptors (Lipinski definition) is 5. The molecule has 1 aliphatic carbocycles. The third-order valence-electron chi connectivity index (χ3n) is 4.86. The van der Waals surface area contributed by atoms with Crippen molar-refractivity contribution in [2.24, 2.45) is 0 Å². The van der Waals surface area contributed by atoms with Gasteiger partial charge in [0.15, 0.2) is 0 Å². The highest BCUT2D eigenvalue weighted by Gasteiger charge is 2.32. The van der Waals surface area contributed by atoms with Crippen molar-refractivity contribution in [1.29, 1.82) is 0 Å². The fourth-order valence-corrected chi connectivity index (χ4v) is 4.78. The fourth-order valence-electron chi connectivity index (χ4n) is 3.61. The Bertz CT molecular complexity index is 1190. The van der Waals surface area contributed by atoms with Crippen molar-refractivity contribution in [3.8, 4) is 5.69 Å². The third-order valence-corrected chi connectivity index (χ3v) is 6.23. The Hall–Kier alpha value is -3.20. The van der Waals surface area contributed by atoms with E-state index in [-0.39, 0.29) is 22.7 Å². The maximum Gasteiger partial charge on any atom is 0.291 e. The van der Waals surface area contributed by atoms with E-state index in [4.69, 9.17) is 0 Å². The summed E-state index contributed by atoms with van der Waals surface area (Å²) in [6.45, 7) is 0. The number of carbonyl (C=O) groups excluding carboxylic acids is 1. The van der Waals surface area contributed by atoms with E-state index in [9.17, 15) is 13.2 Å². The minimum atomic E-state index is -3.74. The van der Waals surface area contributed by atoms with Gasteiger partial charge in [0.1, 0.15) is 4.90 Å². The highest BCUT2D eigenvalue weighted by atomic mass is 32.2. The lowest BCUT2D eigenvalue weighted by Gasteiger charge is -2.17. The summed E-state index contributed by atoms with van der Waals surface area (Å²) in [5, 5.41) is 7.17. The number of benzene rings is 2. The SMILES string of the molecule is O=C(N[C@H]1CCc2ccccc21)c1nc2n(n1)-c1ccccc1S(=O)(=O)N2. The largest absolute Gasteiger partial charge is 0.342 e. The van der Waals surface area contributed by atoms with Gasteiger partial charge in [0.25, 0.3) is 15.9 Å². The van der Waals surface area contributed by atoms with Crippen LogP contribution in [0.4, 0.5) is 5.95 Å². The van der Waals surface area contributed by atoms with Gasteiger partial charge in [-0.1, -0.05) is 36.4 Å². The lowest BCUT2D eigenvalue weighted by atomic mass is 10.1. The summed E-state index contributed by atoms with van der Waals surface area (Å²) in [4.78, 5) is 16.9. The van der Waals surface area contributed by atoms with Crippen molar-refractivity contribution < 1.29 is 13.2 Å². The molecular weight excluding hydrogens is 366 g/mol. The molecule has 1 atom stereocenters. The Morgan fingerprint density at radius 3 is 2.81 bits per heavy atom. The van der Waals surface area contributed by atoms with Gasteiger partial charge in [-0.25, -0.2) is 13.1 Å². The van der Waals surface area contributed by atoms with Crippen LogP contribution in [0.25, 0.3) is 5.69 Å². The van der Waals surface area contributed by atoms with Crippen LogP contribution in [-0.2, 0) is 16.4 Å². The molecule has 0 saturated carbocycles. The molecule has 136 valence electrons. The van der Waals surface area contributed by atoms with Gasteiger partial charge in [0.05, 0.1) is 11.7 Å². The van der Waals surface area contributed by atoms with Crippen molar-refractivity contribution in [2.75, 3.05) is 4.72 Å². The van der Waals surface area contributed by atoms with E-state index < -0.39 is 15.9 Å². The highest BCUT2D eigenvalue weighted by Crippen LogP contribution is 2.32. The predicted molar refractivity (Wildman–Crippen MR) is 97.1 cm³/mol. The Morgan fingerprint density at radius 2 is 1.93 bits per heavy atom. The van der Waals surface area contributed by atoms with E-state index in [0.29, 0.717) is 5.69 Å². The standard InChI is InChI=1S/C18H15N5O3S/c24-17(19-13-10-9-11-5-1-2-6-12(11)13)16-20-18-22-27(25,26)15-8-4-3-7-14(15)23(18)21-16/h1-8,13H,9-10H2,(H,19,24)(H,20,21,22)/t13-/m0/s1. The molecule has 2 heterocycles. The second-order valence-electron chi connectivity index (χ2n) is 6.51.